The van der Waals surface area contributed by atoms with Crippen LogP contribution < -0.4 is 5.32 Å². The van der Waals surface area contributed by atoms with Gasteiger partial charge in [0.2, 0.25) is 5.91 Å². The molecular formula is C17H23N3O. The third-order valence-corrected chi connectivity index (χ3v) is 4.32. The first-order valence-electron chi connectivity index (χ1n) is 7.94. The lowest BCUT2D eigenvalue weighted by Gasteiger charge is -2.22. The highest BCUT2D eigenvalue weighted by Gasteiger charge is 2.15. The van der Waals surface area contributed by atoms with Crippen molar-refractivity contribution in [3.05, 3.63) is 30.0 Å². The van der Waals surface area contributed by atoms with Gasteiger partial charge in [-0.25, -0.2) is 0 Å². The van der Waals surface area contributed by atoms with Gasteiger partial charge in [-0.1, -0.05) is 30.9 Å². The second-order valence-electron chi connectivity index (χ2n) is 6.08. The van der Waals surface area contributed by atoms with Gasteiger partial charge in [-0.05, 0) is 31.9 Å². The number of rotatable bonds is 4. The van der Waals surface area contributed by atoms with Crippen LogP contribution in [-0.4, -0.2) is 21.7 Å². The molecule has 3 rings (SSSR count). The van der Waals surface area contributed by atoms with E-state index in [1.165, 1.54) is 24.8 Å². The zero-order valence-electron chi connectivity index (χ0n) is 12.6. The van der Waals surface area contributed by atoms with Gasteiger partial charge in [0.25, 0.3) is 0 Å². The van der Waals surface area contributed by atoms with Crippen molar-refractivity contribution >= 4 is 16.8 Å². The van der Waals surface area contributed by atoms with Gasteiger partial charge < -0.3 is 5.32 Å². The minimum atomic E-state index is 0.151. The summed E-state index contributed by atoms with van der Waals surface area (Å²) in [6.45, 7) is 2.72. The van der Waals surface area contributed by atoms with Crippen LogP contribution in [0.15, 0.2) is 24.4 Å². The highest BCUT2D eigenvalue weighted by molar-refractivity contribution is 5.80. The summed E-state index contributed by atoms with van der Waals surface area (Å²) in [6, 6.07) is 6.68. The Morgan fingerprint density at radius 1 is 1.33 bits per heavy atom. The molecule has 0 atom stereocenters. The smallest absolute Gasteiger partial charge is 0.222 e. The molecule has 1 aliphatic rings. The molecule has 1 aliphatic carbocycles. The Kier molecular flexibility index (Phi) is 4.23. The second-order valence-corrected chi connectivity index (χ2v) is 6.08. The zero-order chi connectivity index (χ0) is 14.7. The molecule has 112 valence electrons. The maximum Gasteiger partial charge on any atom is 0.222 e. The summed E-state index contributed by atoms with van der Waals surface area (Å²) in [4.78, 5) is 12.0. The van der Waals surface area contributed by atoms with E-state index >= 15 is 0 Å². The van der Waals surface area contributed by atoms with Crippen molar-refractivity contribution in [3.8, 4) is 0 Å². The Morgan fingerprint density at radius 2 is 2.14 bits per heavy atom. The van der Waals surface area contributed by atoms with E-state index in [1.54, 1.807) is 0 Å². The average Bonchev–Trinajstić information content (AvgIpc) is 2.88. The van der Waals surface area contributed by atoms with Gasteiger partial charge in [0.1, 0.15) is 0 Å². The summed E-state index contributed by atoms with van der Waals surface area (Å²) >= 11 is 0. The number of hydrogen-bond donors (Lipinski definition) is 1. The first-order valence-corrected chi connectivity index (χ1v) is 7.94. The van der Waals surface area contributed by atoms with Crippen molar-refractivity contribution in [1.29, 1.82) is 0 Å². The molecule has 1 aromatic heterocycles. The third kappa shape index (κ3) is 3.43. The molecule has 0 saturated heterocycles. The number of aromatic nitrogens is 2. The molecule has 0 unspecified atom stereocenters. The van der Waals surface area contributed by atoms with Crippen LogP contribution in [0.4, 0.5) is 0 Å². The van der Waals surface area contributed by atoms with Crippen LogP contribution in [0, 0.1) is 6.92 Å². The highest BCUT2D eigenvalue weighted by atomic mass is 16.1. The molecule has 0 spiro atoms. The van der Waals surface area contributed by atoms with Gasteiger partial charge in [0.15, 0.2) is 0 Å². The summed E-state index contributed by atoms with van der Waals surface area (Å²) in [5, 5.41) is 8.69. The largest absolute Gasteiger partial charge is 0.353 e. The Morgan fingerprint density at radius 3 is 2.95 bits per heavy atom. The molecule has 0 radical (unpaired) electrons. The highest BCUT2D eigenvalue weighted by Crippen LogP contribution is 2.18. The van der Waals surface area contributed by atoms with Gasteiger partial charge in [-0.2, -0.15) is 5.10 Å². The second kappa shape index (κ2) is 6.29. The predicted octanol–water partition coefficient (Wildman–Crippen LogP) is 3.18. The van der Waals surface area contributed by atoms with Crippen LogP contribution in [0.3, 0.4) is 0 Å². The first-order chi connectivity index (χ1) is 10.2. The van der Waals surface area contributed by atoms with E-state index in [0.29, 0.717) is 19.0 Å². The van der Waals surface area contributed by atoms with Crippen LogP contribution in [-0.2, 0) is 11.3 Å². The van der Waals surface area contributed by atoms with E-state index in [9.17, 15) is 4.79 Å². The van der Waals surface area contributed by atoms with Crippen molar-refractivity contribution in [3.63, 3.8) is 0 Å². The molecule has 1 aromatic carbocycles. The Labute approximate surface area is 125 Å². The molecule has 0 aliphatic heterocycles. The molecule has 4 nitrogen and oxygen atoms in total. The van der Waals surface area contributed by atoms with Gasteiger partial charge in [-0.3, -0.25) is 9.48 Å². The Hall–Kier alpha value is -1.84. The number of carbonyl (C=O) groups excluding carboxylic acids is 1. The van der Waals surface area contributed by atoms with E-state index in [4.69, 9.17) is 0 Å². The molecule has 1 heterocycles. The van der Waals surface area contributed by atoms with Gasteiger partial charge in [0.05, 0.1) is 18.3 Å². The standard InChI is InChI=1S/C17H23N3O/c1-13-7-8-16-14(11-13)12-18-20(16)10-9-17(21)19-15-5-3-2-4-6-15/h7-8,11-12,15H,2-6,9-10H2,1H3,(H,19,21). The van der Waals surface area contributed by atoms with Gasteiger partial charge >= 0.3 is 0 Å². The van der Waals surface area contributed by atoms with E-state index in [-0.39, 0.29) is 5.91 Å². The fraction of sp³-hybridized carbons (Fsp3) is 0.529. The number of benzene rings is 1. The molecule has 0 bridgehead atoms. The fourth-order valence-electron chi connectivity index (χ4n) is 3.14. The number of aryl methyl sites for hydroxylation is 2. The number of amides is 1. The molecule has 1 saturated carbocycles. The normalized spacial score (nSPS) is 16.2. The Balaban J connectivity index is 1.57. The maximum atomic E-state index is 12.0. The van der Waals surface area contributed by atoms with E-state index in [1.807, 2.05) is 10.9 Å². The summed E-state index contributed by atoms with van der Waals surface area (Å²) < 4.78 is 1.93. The van der Waals surface area contributed by atoms with E-state index < -0.39 is 0 Å². The average molecular weight is 285 g/mol. The predicted molar refractivity (Wildman–Crippen MR) is 84.1 cm³/mol. The number of nitrogens with zero attached hydrogens (tertiary/aromatic N) is 2. The first kappa shape index (κ1) is 14.1. The zero-order valence-corrected chi connectivity index (χ0v) is 12.6. The molecule has 1 amide bonds. The minimum Gasteiger partial charge on any atom is -0.353 e. The summed E-state index contributed by atoms with van der Waals surface area (Å²) in [7, 11) is 0. The lowest BCUT2D eigenvalue weighted by atomic mass is 9.95. The topological polar surface area (TPSA) is 46.9 Å². The van der Waals surface area contributed by atoms with E-state index in [0.717, 1.165) is 23.7 Å². The minimum absolute atomic E-state index is 0.151. The van der Waals surface area contributed by atoms with Crippen LogP contribution in [0.1, 0.15) is 44.1 Å². The molecule has 1 N–H and O–H groups in total. The molecule has 4 heteroatoms. The lowest BCUT2D eigenvalue weighted by molar-refractivity contribution is -0.122. The number of hydrogen-bond acceptors (Lipinski definition) is 2. The van der Waals surface area contributed by atoms with Crippen molar-refractivity contribution < 1.29 is 4.79 Å². The Bertz CT molecular complexity index is 626. The number of carbonyl (C=O) groups is 1. The van der Waals surface area contributed by atoms with Crippen molar-refractivity contribution in [2.45, 2.75) is 58.0 Å². The summed E-state index contributed by atoms with van der Waals surface area (Å²) in [6.07, 6.45) is 8.45. The monoisotopic (exact) mass is 285 g/mol. The van der Waals surface area contributed by atoms with Crippen LogP contribution in [0.2, 0.25) is 0 Å². The van der Waals surface area contributed by atoms with Crippen LogP contribution in [0.25, 0.3) is 10.9 Å². The summed E-state index contributed by atoms with van der Waals surface area (Å²) in [5.74, 6) is 0.151. The van der Waals surface area contributed by atoms with Crippen molar-refractivity contribution in [1.82, 2.24) is 15.1 Å². The number of nitrogens with one attached hydrogen (secondary N) is 1. The van der Waals surface area contributed by atoms with Crippen molar-refractivity contribution in [2.75, 3.05) is 0 Å². The van der Waals surface area contributed by atoms with Crippen LogP contribution >= 0.6 is 0 Å². The number of fused-ring (bicyclic) bond motifs is 1. The quantitative estimate of drug-likeness (QED) is 0.937. The molecule has 21 heavy (non-hydrogen) atoms. The molecule has 2 aromatic rings. The third-order valence-electron chi connectivity index (χ3n) is 4.32. The molecule has 1 fully saturated rings. The van der Waals surface area contributed by atoms with E-state index in [2.05, 4.69) is 35.5 Å². The summed E-state index contributed by atoms with van der Waals surface area (Å²) in [5.41, 5.74) is 2.34. The maximum absolute atomic E-state index is 12.0. The lowest BCUT2D eigenvalue weighted by Crippen LogP contribution is -2.36. The SMILES string of the molecule is Cc1ccc2c(cnn2CCC(=O)NC2CCCCC2)c1. The van der Waals surface area contributed by atoms with Crippen LogP contribution in [0.5, 0.6) is 0 Å². The van der Waals surface area contributed by atoms with Crippen molar-refractivity contribution in [2.24, 2.45) is 0 Å². The van der Waals surface area contributed by atoms with Gasteiger partial charge in [0, 0.05) is 17.8 Å². The van der Waals surface area contributed by atoms with Gasteiger partial charge in [-0.15, -0.1) is 0 Å². The molecular weight excluding hydrogens is 262 g/mol. The fourth-order valence-corrected chi connectivity index (χ4v) is 3.14.